The molecule has 0 aliphatic carbocycles. The van der Waals surface area contributed by atoms with E-state index in [1.165, 1.54) is 0 Å². The highest BCUT2D eigenvalue weighted by molar-refractivity contribution is 5.82. The monoisotopic (exact) mass is 240 g/mol. The molecule has 1 aromatic heterocycles. The average Bonchev–Trinajstić information content (AvgIpc) is 2.81. The summed E-state index contributed by atoms with van der Waals surface area (Å²) in [4.78, 5) is 7.63. The van der Waals surface area contributed by atoms with Crippen molar-refractivity contribution in [1.29, 1.82) is 0 Å². The first-order chi connectivity index (χ1) is 8.79. The van der Waals surface area contributed by atoms with Gasteiger partial charge in [-0.05, 0) is 24.3 Å². The van der Waals surface area contributed by atoms with Crippen LogP contribution < -0.4 is 4.74 Å². The predicted molar refractivity (Wildman–Crippen MR) is 69.7 cm³/mol. The fourth-order valence-electron chi connectivity index (χ4n) is 2.00. The molecule has 0 saturated heterocycles. The molecule has 90 valence electrons. The molecule has 3 rings (SSSR count). The van der Waals surface area contributed by atoms with Crippen molar-refractivity contribution in [2.24, 2.45) is 0 Å². The van der Waals surface area contributed by atoms with Crippen molar-refractivity contribution < 1.29 is 9.84 Å². The SMILES string of the molecule is COc1cccc(O)c1-c1nc2ccccc2[nH]1. The Balaban J connectivity index is 2.25. The van der Waals surface area contributed by atoms with Gasteiger partial charge < -0.3 is 14.8 Å². The molecule has 2 N–H and O–H groups in total. The molecule has 0 radical (unpaired) electrons. The molecule has 4 nitrogen and oxygen atoms in total. The van der Waals surface area contributed by atoms with Gasteiger partial charge >= 0.3 is 0 Å². The third-order valence-corrected chi connectivity index (χ3v) is 2.85. The van der Waals surface area contributed by atoms with E-state index in [4.69, 9.17) is 4.74 Å². The van der Waals surface area contributed by atoms with Crippen LogP contribution in [-0.4, -0.2) is 22.2 Å². The van der Waals surface area contributed by atoms with Crippen LogP contribution in [0.5, 0.6) is 11.5 Å². The third kappa shape index (κ3) is 1.59. The molecule has 0 bridgehead atoms. The zero-order valence-electron chi connectivity index (χ0n) is 9.84. The number of aromatic nitrogens is 2. The number of H-pyrrole nitrogens is 1. The van der Waals surface area contributed by atoms with Gasteiger partial charge in [0.05, 0.1) is 18.1 Å². The summed E-state index contributed by atoms with van der Waals surface area (Å²) >= 11 is 0. The first kappa shape index (κ1) is 10.7. The van der Waals surface area contributed by atoms with E-state index < -0.39 is 0 Å². The number of imidazole rings is 1. The normalized spacial score (nSPS) is 10.7. The summed E-state index contributed by atoms with van der Waals surface area (Å²) in [6, 6.07) is 12.9. The number of rotatable bonds is 2. The Morgan fingerprint density at radius 2 is 1.94 bits per heavy atom. The second-order valence-corrected chi connectivity index (χ2v) is 3.96. The van der Waals surface area contributed by atoms with Crippen LogP contribution in [0.3, 0.4) is 0 Å². The molecule has 0 saturated carbocycles. The lowest BCUT2D eigenvalue weighted by Gasteiger charge is -2.07. The smallest absolute Gasteiger partial charge is 0.146 e. The molecule has 0 unspecified atom stereocenters. The van der Waals surface area contributed by atoms with Gasteiger partial charge in [0.25, 0.3) is 0 Å². The Morgan fingerprint density at radius 1 is 1.11 bits per heavy atom. The van der Waals surface area contributed by atoms with Crippen LogP contribution >= 0.6 is 0 Å². The van der Waals surface area contributed by atoms with Gasteiger partial charge in [-0.15, -0.1) is 0 Å². The highest BCUT2D eigenvalue weighted by Crippen LogP contribution is 2.36. The Bertz CT molecular complexity index is 671. The molecule has 2 aromatic carbocycles. The quantitative estimate of drug-likeness (QED) is 0.724. The summed E-state index contributed by atoms with van der Waals surface area (Å²) in [5.41, 5.74) is 2.37. The van der Waals surface area contributed by atoms with Crippen LogP contribution in [0.1, 0.15) is 0 Å². The van der Waals surface area contributed by atoms with Crippen LogP contribution in [0, 0.1) is 0 Å². The van der Waals surface area contributed by atoms with E-state index in [0.717, 1.165) is 11.0 Å². The standard InChI is InChI=1S/C14H12N2O2/c1-18-12-8-4-7-11(17)13(12)14-15-9-5-2-3-6-10(9)16-14/h2-8,17H,1H3,(H,15,16). The van der Waals surface area contributed by atoms with Gasteiger partial charge in [0.1, 0.15) is 22.9 Å². The Labute approximate surface area is 104 Å². The fourth-order valence-corrected chi connectivity index (χ4v) is 2.00. The molecular formula is C14H12N2O2. The lowest BCUT2D eigenvalue weighted by Crippen LogP contribution is -1.89. The molecular weight excluding hydrogens is 228 g/mol. The number of hydrogen-bond donors (Lipinski definition) is 2. The number of phenols is 1. The van der Waals surface area contributed by atoms with Gasteiger partial charge in [-0.3, -0.25) is 0 Å². The van der Waals surface area contributed by atoms with Crippen molar-refractivity contribution in [2.45, 2.75) is 0 Å². The zero-order valence-corrected chi connectivity index (χ0v) is 9.84. The lowest BCUT2D eigenvalue weighted by molar-refractivity contribution is 0.410. The number of methoxy groups -OCH3 is 1. The second kappa shape index (κ2) is 4.07. The minimum absolute atomic E-state index is 0.147. The first-order valence-electron chi connectivity index (χ1n) is 5.60. The van der Waals surface area contributed by atoms with Crippen molar-refractivity contribution in [3.05, 3.63) is 42.5 Å². The number of fused-ring (bicyclic) bond motifs is 1. The summed E-state index contributed by atoms with van der Waals surface area (Å²) in [7, 11) is 1.57. The molecule has 0 amide bonds. The van der Waals surface area contributed by atoms with Gasteiger partial charge in [-0.1, -0.05) is 18.2 Å². The third-order valence-electron chi connectivity index (χ3n) is 2.85. The number of para-hydroxylation sites is 2. The molecule has 18 heavy (non-hydrogen) atoms. The van der Waals surface area contributed by atoms with E-state index in [1.807, 2.05) is 24.3 Å². The van der Waals surface area contributed by atoms with Crippen LogP contribution in [0.15, 0.2) is 42.5 Å². The summed E-state index contributed by atoms with van der Waals surface area (Å²) in [6.45, 7) is 0. The largest absolute Gasteiger partial charge is 0.507 e. The minimum atomic E-state index is 0.147. The van der Waals surface area contributed by atoms with Crippen molar-refractivity contribution in [2.75, 3.05) is 7.11 Å². The van der Waals surface area contributed by atoms with Gasteiger partial charge in [-0.2, -0.15) is 0 Å². The van der Waals surface area contributed by atoms with E-state index in [0.29, 0.717) is 17.1 Å². The van der Waals surface area contributed by atoms with Gasteiger partial charge in [0.15, 0.2) is 0 Å². The molecule has 4 heteroatoms. The summed E-state index contributed by atoms with van der Waals surface area (Å²) in [5, 5.41) is 9.96. The maximum Gasteiger partial charge on any atom is 0.146 e. The van der Waals surface area contributed by atoms with Gasteiger partial charge in [0.2, 0.25) is 0 Å². The maximum atomic E-state index is 9.96. The first-order valence-corrected chi connectivity index (χ1v) is 5.60. The van der Waals surface area contributed by atoms with Crippen molar-refractivity contribution >= 4 is 11.0 Å². The van der Waals surface area contributed by atoms with Crippen molar-refractivity contribution in [3.8, 4) is 22.9 Å². The number of phenolic OH excluding ortho intramolecular Hbond substituents is 1. The molecule has 0 spiro atoms. The number of benzene rings is 2. The Hall–Kier alpha value is -2.49. The van der Waals surface area contributed by atoms with E-state index in [2.05, 4.69) is 9.97 Å². The van der Waals surface area contributed by atoms with E-state index >= 15 is 0 Å². The van der Waals surface area contributed by atoms with Crippen LogP contribution in [0.2, 0.25) is 0 Å². The van der Waals surface area contributed by atoms with Crippen molar-refractivity contribution in [1.82, 2.24) is 9.97 Å². The molecule has 0 fully saturated rings. The predicted octanol–water partition coefficient (Wildman–Crippen LogP) is 2.94. The second-order valence-electron chi connectivity index (χ2n) is 3.96. The summed E-state index contributed by atoms with van der Waals surface area (Å²) in [5.74, 6) is 1.34. The van der Waals surface area contributed by atoms with Gasteiger partial charge in [-0.25, -0.2) is 4.98 Å². The topological polar surface area (TPSA) is 58.1 Å². The maximum absolute atomic E-state index is 9.96. The molecule has 0 aliphatic heterocycles. The van der Waals surface area contributed by atoms with Crippen LogP contribution in [0.25, 0.3) is 22.4 Å². The number of aromatic hydroxyl groups is 1. The van der Waals surface area contributed by atoms with Crippen LogP contribution in [-0.2, 0) is 0 Å². The molecule has 0 aliphatic rings. The Kier molecular flexibility index (Phi) is 2.41. The number of ether oxygens (including phenoxy) is 1. The Morgan fingerprint density at radius 3 is 2.72 bits per heavy atom. The average molecular weight is 240 g/mol. The number of nitrogens with one attached hydrogen (secondary N) is 1. The fraction of sp³-hybridized carbons (Fsp3) is 0.0714. The number of hydrogen-bond acceptors (Lipinski definition) is 3. The van der Waals surface area contributed by atoms with Gasteiger partial charge in [0, 0.05) is 0 Å². The number of nitrogens with zero attached hydrogens (tertiary/aromatic N) is 1. The van der Waals surface area contributed by atoms with Crippen LogP contribution in [0.4, 0.5) is 0 Å². The summed E-state index contributed by atoms with van der Waals surface area (Å²) < 4.78 is 5.26. The zero-order chi connectivity index (χ0) is 12.5. The lowest BCUT2D eigenvalue weighted by atomic mass is 10.1. The summed E-state index contributed by atoms with van der Waals surface area (Å²) in [6.07, 6.45) is 0. The molecule has 0 atom stereocenters. The molecule has 1 heterocycles. The van der Waals surface area contributed by atoms with Crippen molar-refractivity contribution in [3.63, 3.8) is 0 Å². The number of aromatic amines is 1. The highest BCUT2D eigenvalue weighted by Gasteiger charge is 2.14. The van der Waals surface area contributed by atoms with E-state index in [-0.39, 0.29) is 5.75 Å². The molecule has 3 aromatic rings. The minimum Gasteiger partial charge on any atom is -0.507 e. The van der Waals surface area contributed by atoms with E-state index in [1.54, 1.807) is 25.3 Å². The highest BCUT2D eigenvalue weighted by atomic mass is 16.5. The van der Waals surface area contributed by atoms with E-state index in [9.17, 15) is 5.11 Å².